The van der Waals surface area contributed by atoms with Crippen molar-refractivity contribution in [1.29, 1.82) is 0 Å². The van der Waals surface area contributed by atoms with Crippen LogP contribution in [0.1, 0.15) is 20.3 Å². The lowest BCUT2D eigenvalue weighted by molar-refractivity contribution is 0.121. The summed E-state index contributed by atoms with van der Waals surface area (Å²) in [4.78, 5) is 11.1. The molecule has 1 unspecified atom stereocenters. The molecule has 18 heavy (non-hydrogen) atoms. The fourth-order valence-corrected chi connectivity index (χ4v) is 2.22. The first-order valence-corrected chi connectivity index (χ1v) is 7.77. The second-order valence-electron chi connectivity index (χ2n) is 3.80. The zero-order valence-electron chi connectivity index (χ0n) is 10.6. The van der Waals surface area contributed by atoms with Crippen LogP contribution in [-0.2, 0) is 19.7 Å². The van der Waals surface area contributed by atoms with Gasteiger partial charge < -0.3 is 9.47 Å². The number of ether oxygens (including phenoxy) is 2. The Kier molecular flexibility index (Phi) is 8.49. The van der Waals surface area contributed by atoms with Crippen molar-refractivity contribution < 1.29 is 22.7 Å². The molecule has 9 heteroatoms. The van der Waals surface area contributed by atoms with Crippen LogP contribution < -0.4 is 9.44 Å². The van der Waals surface area contributed by atoms with Gasteiger partial charge in [0.25, 0.3) is 0 Å². The largest absolute Gasteiger partial charge is 0.446 e. The molecule has 1 atom stereocenters. The minimum Gasteiger partial charge on any atom is -0.446 e. The van der Waals surface area contributed by atoms with E-state index in [1.165, 1.54) is 0 Å². The Morgan fingerprint density at radius 2 is 2.00 bits per heavy atom. The van der Waals surface area contributed by atoms with Gasteiger partial charge >= 0.3 is 16.3 Å². The lowest BCUT2D eigenvalue weighted by Gasteiger charge is -2.12. The third-order valence-electron chi connectivity index (χ3n) is 1.66. The number of hydrogen-bond acceptors (Lipinski definition) is 5. The highest BCUT2D eigenvalue weighted by atomic mass is 79.9. The molecule has 0 aliphatic rings. The summed E-state index contributed by atoms with van der Waals surface area (Å²) in [5, 5.41) is 0. The summed E-state index contributed by atoms with van der Waals surface area (Å²) < 4.78 is 36.3. The Morgan fingerprint density at radius 1 is 1.39 bits per heavy atom. The van der Waals surface area contributed by atoms with Crippen LogP contribution in [0.15, 0.2) is 0 Å². The summed E-state index contributed by atoms with van der Waals surface area (Å²) in [5.41, 5.74) is 0. The number of methoxy groups -OCH3 is 1. The summed E-state index contributed by atoms with van der Waals surface area (Å²) >= 11 is 3.32. The van der Waals surface area contributed by atoms with Gasteiger partial charge in [0.05, 0.1) is 12.7 Å². The van der Waals surface area contributed by atoms with E-state index in [2.05, 4.69) is 25.4 Å². The van der Waals surface area contributed by atoms with E-state index in [0.29, 0.717) is 13.0 Å². The van der Waals surface area contributed by atoms with Gasteiger partial charge in [0, 0.05) is 18.5 Å². The van der Waals surface area contributed by atoms with Crippen LogP contribution in [-0.4, -0.2) is 45.7 Å². The van der Waals surface area contributed by atoms with E-state index in [4.69, 9.17) is 4.74 Å². The van der Waals surface area contributed by atoms with E-state index in [0.717, 1.165) is 0 Å². The van der Waals surface area contributed by atoms with Crippen molar-refractivity contribution in [3.05, 3.63) is 0 Å². The quantitative estimate of drug-likeness (QED) is 0.632. The maximum absolute atomic E-state index is 11.4. The van der Waals surface area contributed by atoms with E-state index < -0.39 is 16.3 Å². The average molecular weight is 347 g/mol. The number of nitrogens with one attached hydrogen (secondary N) is 2. The van der Waals surface area contributed by atoms with Crippen molar-refractivity contribution in [2.24, 2.45) is 0 Å². The van der Waals surface area contributed by atoms with Crippen LogP contribution in [0.3, 0.4) is 0 Å². The third kappa shape index (κ3) is 9.63. The molecule has 0 fully saturated rings. The van der Waals surface area contributed by atoms with E-state index in [9.17, 15) is 13.2 Å². The van der Waals surface area contributed by atoms with E-state index >= 15 is 0 Å². The Balaban J connectivity index is 3.97. The molecule has 0 bridgehead atoms. The van der Waals surface area contributed by atoms with E-state index in [1.54, 1.807) is 25.7 Å². The van der Waals surface area contributed by atoms with Gasteiger partial charge in [-0.1, -0.05) is 15.9 Å². The number of alkyl halides is 1. The fraction of sp³-hybridized carbons (Fsp3) is 0.889. The summed E-state index contributed by atoms with van der Waals surface area (Å²) in [6.45, 7) is 3.91. The minimum atomic E-state index is -3.87. The summed E-state index contributed by atoms with van der Waals surface area (Å²) in [7, 11) is -2.32. The smallest absolute Gasteiger partial charge is 0.422 e. The maximum atomic E-state index is 11.4. The molecular weight excluding hydrogens is 328 g/mol. The third-order valence-corrected chi connectivity index (χ3v) is 3.40. The molecule has 0 saturated heterocycles. The molecule has 0 rings (SSSR count). The van der Waals surface area contributed by atoms with Crippen LogP contribution >= 0.6 is 15.9 Å². The Morgan fingerprint density at radius 3 is 2.50 bits per heavy atom. The zero-order valence-corrected chi connectivity index (χ0v) is 13.0. The first kappa shape index (κ1) is 17.6. The predicted octanol–water partition coefficient (Wildman–Crippen LogP) is 0.755. The Labute approximate surface area is 116 Å². The fourth-order valence-electron chi connectivity index (χ4n) is 0.998. The average Bonchev–Trinajstić information content (AvgIpc) is 2.14. The van der Waals surface area contributed by atoms with Crippen LogP contribution in [0.25, 0.3) is 0 Å². The maximum Gasteiger partial charge on any atom is 0.422 e. The van der Waals surface area contributed by atoms with Crippen molar-refractivity contribution in [2.75, 3.05) is 20.3 Å². The van der Waals surface area contributed by atoms with Crippen molar-refractivity contribution in [3.8, 4) is 0 Å². The van der Waals surface area contributed by atoms with Crippen molar-refractivity contribution in [2.45, 2.75) is 31.2 Å². The molecule has 0 aromatic heterocycles. The molecule has 0 aromatic carbocycles. The molecule has 0 aliphatic heterocycles. The SMILES string of the molecule is COCC(Br)CCNS(=O)(=O)NC(=O)OC(C)C. The predicted molar refractivity (Wildman–Crippen MR) is 70.9 cm³/mol. The van der Waals surface area contributed by atoms with Crippen LogP contribution in [0.2, 0.25) is 0 Å². The van der Waals surface area contributed by atoms with Gasteiger partial charge in [-0.15, -0.1) is 0 Å². The first-order chi connectivity index (χ1) is 8.26. The molecule has 0 spiro atoms. The number of carbonyl (C=O) groups is 1. The molecule has 2 N–H and O–H groups in total. The van der Waals surface area contributed by atoms with Gasteiger partial charge in [-0.25, -0.2) is 9.52 Å². The van der Waals surface area contributed by atoms with Crippen molar-refractivity contribution in [3.63, 3.8) is 0 Å². The molecule has 1 amide bonds. The van der Waals surface area contributed by atoms with Gasteiger partial charge in [-0.3, -0.25) is 0 Å². The monoisotopic (exact) mass is 346 g/mol. The molecule has 0 aromatic rings. The minimum absolute atomic E-state index is 0.0489. The van der Waals surface area contributed by atoms with Crippen LogP contribution in [0.4, 0.5) is 4.79 Å². The summed E-state index contributed by atoms with van der Waals surface area (Å²) in [6.07, 6.45) is -0.841. The number of halogens is 1. The van der Waals surface area contributed by atoms with Gasteiger partial charge in [0.2, 0.25) is 0 Å². The van der Waals surface area contributed by atoms with Gasteiger partial charge in [0.15, 0.2) is 0 Å². The second kappa shape index (κ2) is 8.68. The molecule has 0 aliphatic carbocycles. The first-order valence-electron chi connectivity index (χ1n) is 5.38. The second-order valence-corrected chi connectivity index (χ2v) is 6.59. The lowest BCUT2D eigenvalue weighted by atomic mass is 10.3. The highest BCUT2D eigenvalue weighted by Crippen LogP contribution is 2.04. The lowest BCUT2D eigenvalue weighted by Crippen LogP contribution is -2.42. The van der Waals surface area contributed by atoms with Crippen LogP contribution in [0, 0.1) is 0 Å². The Bertz CT molecular complexity index is 347. The standard InChI is InChI=1S/C9H19BrN2O5S/c1-7(2)17-9(13)12-18(14,15)11-5-4-8(10)6-16-3/h7-8,11H,4-6H2,1-3H3,(H,12,13). The van der Waals surface area contributed by atoms with Crippen molar-refractivity contribution in [1.82, 2.24) is 9.44 Å². The molecule has 7 nitrogen and oxygen atoms in total. The normalized spacial score (nSPS) is 13.4. The van der Waals surface area contributed by atoms with Gasteiger partial charge in [0.1, 0.15) is 0 Å². The highest BCUT2D eigenvalue weighted by Gasteiger charge is 2.16. The Hall–Kier alpha value is -0.380. The molecule has 0 radical (unpaired) electrons. The molecule has 0 saturated carbocycles. The number of carbonyl (C=O) groups excluding carboxylic acids is 1. The van der Waals surface area contributed by atoms with Crippen LogP contribution in [0.5, 0.6) is 0 Å². The van der Waals surface area contributed by atoms with Gasteiger partial charge in [-0.2, -0.15) is 13.1 Å². The number of amides is 1. The molecular formula is C9H19BrN2O5S. The number of rotatable bonds is 8. The van der Waals surface area contributed by atoms with Crippen molar-refractivity contribution >= 4 is 32.2 Å². The van der Waals surface area contributed by atoms with E-state index in [-0.39, 0.29) is 17.5 Å². The van der Waals surface area contributed by atoms with Gasteiger partial charge in [-0.05, 0) is 20.3 Å². The summed E-state index contributed by atoms with van der Waals surface area (Å²) in [5.74, 6) is 0. The highest BCUT2D eigenvalue weighted by molar-refractivity contribution is 9.09. The molecule has 108 valence electrons. The summed E-state index contributed by atoms with van der Waals surface area (Å²) in [6, 6.07) is 0. The molecule has 0 heterocycles. The zero-order chi connectivity index (χ0) is 14.2. The van der Waals surface area contributed by atoms with E-state index in [1.807, 2.05) is 0 Å². The topological polar surface area (TPSA) is 93.7 Å². The number of hydrogen-bond donors (Lipinski definition) is 2.